The van der Waals surface area contributed by atoms with E-state index in [0.29, 0.717) is 12.2 Å². The summed E-state index contributed by atoms with van der Waals surface area (Å²) >= 11 is 0. The normalized spacial score (nSPS) is 29.1. The Morgan fingerprint density at radius 2 is 2.00 bits per heavy atom. The number of hydrogen-bond acceptors (Lipinski definition) is 3. The van der Waals surface area contributed by atoms with E-state index in [1.807, 2.05) is 7.05 Å². The molecular formula is C11H22N2O. The van der Waals surface area contributed by atoms with E-state index in [-0.39, 0.29) is 0 Å². The first-order valence-corrected chi connectivity index (χ1v) is 5.31. The van der Waals surface area contributed by atoms with Crippen LogP contribution in [0.2, 0.25) is 0 Å². The average Bonchev–Trinajstić information content (AvgIpc) is 2.01. The molecule has 1 aliphatic heterocycles. The third-order valence-electron chi connectivity index (χ3n) is 2.37. The van der Waals surface area contributed by atoms with Gasteiger partial charge in [-0.1, -0.05) is 6.58 Å². The predicted octanol–water partition coefficient (Wildman–Crippen LogP) is 0.871. The van der Waals surface area contributed by atoms with Crippen LogP contribution in [-0.4, -0.2) is 50.3 Å². The second-order valence-electron chi connectivity index (χ2n) is 4.23. The molecule has 3 nitrogen and oxygen atoms in total. The highest BCUT2D eigenvalue weighted by Gasteiger charge is 2.21. The van der Waals surface area contributed by atoms with Crippen LogP contribution < -0.4 is 5.32 Å². The molecule has 3 heteroatoms. The molecule has 1 N–H and O–H groups in total. The maximum Gasteiger partial charge on any atom is 0.0678 e. The summed E-state index contributed by atoms with van der Waals surface area (Å²) in [6, 6.07) is 0. The second-order valence-corrected chi connectivity index (χ2v) is 4.23. The van der Waals surface area contributed by atoms with Crippen LogP contribution in [0, 0.1) is 0 Å². The fourth-order valence-corrected chi connectivity index (χ4v) is 2.04. The average molecular weight is 198 g/mol. The van der Waals surface area contributed by atoms with Gasteiger partial charge in [-0.2, -0.15) is 0 Å². The molecule has 0 aliphatic carbocycles. The lowest BCUT2D eigenvalue weighted by molar-refractivity contribution is -0.0653. The molecule has 0 saturated carbocycles. The van der Waals surface area contributed by atoms with E-state index in [4.69, 9.17) is 4.74 Å². The van der Waals surface area contributed by atoms with Crippen LogP contribution >= 0.6 is 0 Å². The summed E-state index contributed by atoms with van der Waals surface area (Å²) in [4.78, 5) is 2.42. The maximum atomic E-state index is 5.67. The Morgan fingerprint density at radius 1 is 1.43 bits per heavy atom. The number of ether oxygens (including phenoxy) is 1. The van der Waals surface area contributed by atoms with Gasteiger partial charge in [0.25, 0.3) is 0 Å². The van der Waals surface area contributed by atoms with Crippen LogP contribution in [0.15, 0.2) is 12.2 Å². The van der Waals surface area contributed by atoms with Crippen LogP contribution in [0.5, 0.6) is 0 Å². The van der Waals surface area contributed by atoms with Crippen LogP contribution in [0.25, 0.3) is 0 Å². The highest BCUT2D eigenvalue weighted by Crippen LogP contribution is 2.11. The number of hydrogen-bond donors (Lipinski definition) is 1. The second kappa shape index (κ2) is 5.49. The number of likely N-dealkylation sites (N-methyl/N-ethyl adjacent to an activating group) is 1. The van der Waals surface area contributed by atoms with E-state index < -0.39 is 0 Å². The third-order valence-corrected chi connectivity index (χ3v) is 2.37. The predicted molar refractivity (Wildman–Crippen MR) is 59.5 cm³/mol. The molecule has 1 heterocycles. The number of morpholine rings is 1. The van der Waals surface area contributed by atoms with Gasteiger partial charge in [-0.3, -0.25) is 4.90 Å². The lowest BCUT2D eigenvalue weighted by Crippen LogP contribution is -2.46. The third kappa shape index (κ3) is 3.78. The summed E-state index contributed by atoms with van der Waals surface area (Å²) in [6.45, 7) is 12.2. The quantitative estimate of drug-likeness (QED) is 0.678. The van der Waals surface area contributed by atoms with Crippen molar-refractivity contribution in [3.63, 3.8) is 0 Å². The Morgan fingerprint density at radius 3 is 2.50 bits per heavy atom. The fraction of sp³-hybridized carbons (Fsp3) is 0.818. The van der Waals surface area contributed by atoms with Crippen molar-refractivity contribution >= 4 is 0 Å². The number of nitrogens with one attached hydrogen (secondary N) is 1. The molecule has 0 aromatic rings. The van der Waals surface area contributed by atoms with Gasteiger partial charge in [0, 0.05) is 26.2 Å². The van der Waals surface area contributed by atoms with Crippen LogP contribution in [0.1, 0.15) is 13.8 Å². The van der Waals surface area contributed by atoms with Gasteiger partial charge in [-0.05, 0) is 26.5 Å². The first-order chi connectivity index (χ1) is 6.61. The summed E-state index contributed by atoms with van der Waals surface area (Å²) in [5.74, 6) is 0. The van der Waals surface area contributed by atoms with Crippen LogP contribution in [-0.2, 0) is 4.74 Å². The van der Waals surface area contributed by atoms with Gasteiger partial charge in [0.2, 0.25) is 0 Å². The topological polar surface area (TPSA) is 24.5 Å². The van der Waals surface area contributed by atoms with Crippen molar-refractivity contribution in [2.45, 2.75) is 26.1 Å². The van der Waals surface area contributed by atoms with E-state index in [2.05, 4.69) is 30.6 Å². The Labute approximate surface area is 87.1 Å². The lowest BCUT2D eigenvalue weighted by Gasteiger charge is -2.35. The van der Waals surface area contributed by atoms with Crippen LogP contribution in [0.4, 0.5) is 0 Å². The lowest BCUT2D eigenvalue weighted by atomic mass is 10.2. The van der Waals surface area contributed by atoms with Crippen molar-refractivity contribution in [2.75, 3.05) is 33.2 Å². The highest BCUT2D eigenvalue weighted by molar-refractivity contribution is 5.00. The van der Waals surface area contributed by atoms with Gasteiger partial charge in [-0.25, -0.2) is 0 Å². The largest absolute Gasteiger partial charge is 0.373 e. The molecule has 2 atom stereocenters. The minimum Gasteiger partial charge on any atom is -0.373 e. The van der Waals surface area contributed by atoms with Crippen LogP contribution in [0.3, 0.4) is 0 Å². The van der Waals surface area contributed by atoms with Crippen molar-refractivity contribution in [1.29, 1.82) is 0 Å². The van der Waals surface area contributed by atoms with Gasteiger partial charge < -0.3 is 10.1 Å². The van der Waals surface area contributed by atoms with Gasteiger partial charge in [0.15, 0.2) is 0 Å². The minimum atomic E-state index is 0.348. The van der Waals surface area contributed by atoms with Crippen molar-refractivity contribution in [2.24, 2.45) is 0 Å². The molecule has 0 unspecified atom stereocenters. The van der Waals surface area contributed by atoms with E-state index in [9.17, 15) is 0 Å². The van der Waals surface area contributed by atoms with Crippen molar-refractivity contribution in [3.8, 4) is 0 Å². The molecule has 14 heavy (non-hydrogen) atoms. The van der Waals surface area contributed by atoms with E-state index >= 15 is 0 Å². The van der Waals surface area contributed by atoms with Gasteiger partial charge in [0.1, 0.15) is 0 Å². The van der Waals surface area contributed by atoms with Gasteiger partial charge in [-0.15, -0.1) is 0 Å². The zero-order chi connectivity index (χ0) is 10.6. The summed E-state index contributed by atoms with van der Waals surface area (Å²) < 4.78 is 5.67. The van der Waals surface area contributed by atoms with E-state index in [0.717, 1.165) is 26.2 Å². The Hall–Kier alpha value is -0.380. The Kier molecular flexibility index (Phi) is 4.58. The zero-order valence-corrected chi connectivity index (χ0v) is 9.55. The molecule has 1 rings (SSSR count). The van der Waals surface area contributed by atoms with E-state index in [1.54, 1.807) is 0 Å². The summed E-state index contributed by atoms with van der Waals surface area (Å²) in [6.07, 6.45) is 0.697. The monoisotopic (exact) mass is 198 g/mol. The number of rotatable bonds is 4. The summed E-state index contributed by atoms with van der Waals surface area (Å²) in [5, 5.41) is 3.12. The Bertz CT molecular complexity index is 184. The Balaban J connectivity index is 2.33. The molecular weight excluding hydrogens is 176 g/mol. The fourth-order valence-electron chi connectivity index (χ4n) is 2.04. The highest BCUT2D eigenvalue weighted by atomic mass is 16.5. The first kappa shape index (κ1) is 11.7. The summed E-state index contributed by atoms with van der Waals surface area (Å²) in [5.41, 5.74) is 1.24. The molecule has 0 aromatic carbocycles. The number of nitrogens with zero attached hydrogens (tertiary/aromatic N) is 1. The standard InChI is InChI=1S/C11H22N2O/c1-9(5-12-4)6-13-7-10(2)14-11(3)8-13/h10-12H,1,5-8H2,2-4H3/t10-,11+. The molecule has 1 saturated heterocycles. The molecule has 0 aromatic heterocycles. The molecule has 0 spiro atoms. The SMILES string of the molecule is C=C(CNC)CN1C[C@@H](C)O[C@@H](C)C1. The first-order valence-electron chi connectivity index (χ1n) is 5.31. The maximum absolute atomic E-state index is 5.67. The molecule has 0 bridgehead atoms. The molecule has 82 valence electrons. The van der Waals surface area contributed by atoms with Crippen molar-refractivity contribution in [1.82, 2.24) is 10.2 Å². The zero-order valence-electron chi connectivity index (χ0n) is 9.55. The smallest absolute Gasteiger partial charge is 0.0678 e. The van der Waals surface area contributed by atoms with Gasteiger partial charge >= 0.3 is 0 Å². The van der Waals surface area contributed by atoms with Crippen molar-refractivity contribution in [3.05, 3.63) is 12.2 Å². The van der Waals surface area contributed by atoms with Gasteiger partial charge in [0.05, 0.1) is 12.2 Å². The molecule has 0 radical (unpaired) electrons. The minimum absolute atomic E-state index is 0.348. The molecule has 1 aliphatic rings. The molecule has 1 fully saturated rings. The van der Waals surface area contributed by atoms with E-state index in [1.165, 1.54) is 5.57 Å². The summed E-state index contributed by atoms with van der Waals surface area (Å²) in [7, 11) is 1.95. The molecule has 0 amide bonds. The van der Waals surface area contributed by atoms with Crippen molar-refractivity contribution < 1.29 is 4.74 Å².